The highest BCUT2D eigenvalue weighted by Crippen LogP contribution is 2.60. The second kappa shape index (κ2) is 4.06. The highest BCUT2D eigenvalue weighted by atomic mass is 16.5. The molecule has 0 aromatic carbocycles. The van der Waals surface area contributed by atoms with Crippen LogP contribution in [0.5, 0.6) is 0 Å². The molecule has 0 amide bonds. The van der Waals surface area contributed by atoms with Crippen molar-refractivity contribution in [1.82, 2.24) is 15.5 Å². The zero-order chi connectivity index (χ0) is 13.2. The van der Waals surface area contributed by atoms with Gasteiger partial charge in [-0.2, -0.15) is 4.98 Å². The number of nitrogens with zero attached hydrogens (tertiary/aromatic N) is 2. The van der Waals surface area contributed by atoms with Crippen LogP contribution in [0.4, 0.5) is 0 Å². The van der Waals surface area contributed by atoms with E-state index in [9.17, 15) is 0 Å². The molecule has 5 saturated carbocycles. The Bertz CT molecular complexity index is 484. The monoisotopic (exact) mass is 273 g/mol. The summed E-state index contributed by atoms with van der Waals surface area (Å²) in [5.41, 5.74) is 0.274. The fourth-order valence-corrected chi connectivity index (χ4v) is 5.45. The topological polar surface area (TPSA) is 51.0 Å². The van der Waals surface area contributed by atoms with Crippen molar-refractivity contribution in [3.8, 4) is 0 Å². The molecule has 0 radical (unpaired) electrons. The van der Waals surface area contributed by atoms with Gasteiger partial charge in [0.05, 0.1) is 6.54 Å². The Balaban J connectivity index is 1.38. The summed E-state index contributed by atoms with van der Waals surface area (Å²) in [5.74, 6) is 4.64. The molecule has 5 aliphatic carbocycles. The highest BCUT2D eigenvalue weighted by molar-refractivity contribution is 5.16. The van der Waals surface area contributed by atoms with E-state index in [-0.39, 0.29) is 5.41 Å². The Kier molecular flexibility index (Phi) is 2.38. The Labute approximate surface area is 119 Å². The molecule has 5 fully saturated rings. The number of nitrogens with one attached hydrogen (secondary N) is 1. The van der Waals surface area contributed by atoms with Crippen LogP contribution in [0, 0.1) is 17.8 Å². The van der Waals surface area contributed by atoms with Gasteiger partial charge >= 0.3 is 0 Å². The molecule has 1 aromatic rings. The molecular formula is C16H23N3O. The van der Waals surface area contributed by atoms with Crippen molar-refractivity contribution >= 4 is 0 Å². The van der Waals surface area contributed by atoms with E-state index in [0.29, 0.717) is 6.04 Å². The fourth-order valence-electron chi connectivity index (χ4n) is 5.45. The molecule has 20 heavy (non-hydrogen) atoms. The zero-order valence-electron chi connectivity index (χ0n) is 12.0. The molecule has 1 aromatic heterocycles. The lowest BCUT2D eigenvalue weighted by Crippen LogP contribution is -2.49. The second-order valence-electron chi connectivity index (χ2n) is 7.86. The first-order valence-electron chi connectivity index (χ1n) is 8.35. The maximum atomic E-state index is 5.51. The van der Waals surface area contributed by atoms with Crippen molar-refractivity contribution in [1.29, 1.82) is 0 Å². The van der Waals surface area contributed by atoms with Crippen LogP contribution in [-0.4, -0.2) is 16.2 Å². The summed E-state index contributed by atoms with van der Waals surface area (Å²) < 4.78 is 5.51. The Hall–Kier alpha value is -0.900. The molecule has 4 nitrogen and oxygen atoms in total. The lowest BCUT2D eigenvalue weighted by Gasteiger charge is -2.55. The average molecular weight is 273 g/mol. The quantitative estimate of drug-likeness (QED) is 0.916. The first kappa shape index (κ1) is 11.7. The predicted octanol–water partition coefficient (Wildman–Crippen LogP) is 2.79. The molecule has 1 N–H and O–H groups in total. The third-order valence-corrected chi connectivity index (χ3v) is 6.10. The van der Waals surface area contributed by atoms with Gasteiger partial charge in [-0.3, -0.25) is 0 Å². The smallest absolute Gasteiger partial charge is 0.240 e. The number of hydrogen-bond donors (Lipinski definition) is 1. The minimum Gasteiger partial charge on any atom is -0.338 e. The van der Waals surface area contributed by atoms with Gasteiger partial charge in [-0.05, 0) is 69.1 Å². The van der Waals surface area contributed by atoms with E-state index in [4.69, 9.17) is 9.51 Å². The largest absolute Gasteiger partial charge is 0.338 e. The molecule has 4 bridgehead atoms. The number of aromatic nitrogens is 2. The van der Waals surface area contributed by atoms with Crippen LogP contribution < -0.4 is 5.32 Å². The molecule has 0 atom stereocenters. The van der Waals surface area contributed by atoms with Crippen LogP contribution in [0.1, 0.15) is 63.1 Å². The van der Waals surface area contributed by atoms with Gasteiger partial charge in [0.1, 0.15) is 0 Å². The van der Waals surface area contributed by atoms with Crippen molar-refractivity contribution in [2.75, 3.05) is 0 Å². The van der Waals surface area contributed by atoms with Gasteiger partial charge in [0.15, 0.2) is 5.82 Å². The van der Waals surface area contributed by atoms with E-state index in [1.54, 1.807) is 0 Å². The summed E-state index contributed by atoms with van der Waals surface area (Å²) in [5, 5.41) is 7.84. The van der Waals surface area contributed by atoms with Crippen LogP contribution in [0.15, 0.2) is 4.52 Å². The molecular weight excluding hydrogens is 250 g/mol. The van der Waals surface area contributed by atoms with E-state index < -0.39 is 0 Å². The molecule has 0 saturated heterocycles. The van der Waals surface area contributed by atoms with E-state index >= 15 is 0 Å². The predicted molar refractivity (Wildman–Crippen MR) is 74.0 cm³/mol. The molecule has 0 unspecified atom stereocenters. The van der Waals surface area contributed by atoms with Crippen LogP contribution in [0.2, 0.25) is 0 Å². The van der Waals surface area contributed by atoms with Crippen LogP contribution in [0.25, 0.3) is 0 Å². The van der Waals surface area contributed by atoms with Crippen molar-refractivity contribution in [3.05, 3.63) is 11.7 Å². The average Bonchev–Trinajstić information content (AvgIpc) is 3.11. The van der Waals surface area contributed by atoms with Gasteiger partial charge in [-0.1, -0.05) is 5.16 Å². The summed E-state index contributed by atoms with van der Waals surface area (Å²) >= 11 is 0. The van der Waals surface area contributed by atoms with Gasteiger partial charge in [-0.25, -0.2) is 0 Å². The minimum absolute atomic E-state index is 0.274. The summed E-state index contributed by atoms with van der Waals surface area (Å²) in [7, 11) is 0. The van der Waals surface area contributed by atoms with Crippen molar-refractivity contribution < 1.29 is 4.52 Å². The highest BCUT2D eigenvalue weighted by Gasteiger charge is 2.53. The first-order chi connectivity index (χ1) is 9.79. The third kappa shape index (κ3) is 1.84. The van der Waals surface area contributed by atoms with Gasteiger partial charge < -0.3 is 9.84 Å². The fraction of sp³-hybridized carbons (Fsp3) is 0.875. The van der Waals surface area contributed by atoms with E-state index in [2.05, 4.69) is 10.5 Å². The normalized spacial score (nSPS) is 42.3. The third-order valence-electron chi connectivity index (χ3n) is 6.10. The lowest BCUT2D eigenvalue weighted by molar-refractivity contribution is -0.0103. The summed E-state index contributed by atoms with van der Waals surface area (Å²) in [6, 6.07) is 0.699. The Morgan fingerprint density at radius 2 is 1.70 bits per heavy atom. The molecule has 6 rings (SSSR count). The standard InChI is InChI=1S/C16H23N3O/c1-2-13(1)17-9-14-18-15(19-20-14)16-6-10-3-11(7-16)5-12(4-10)8-16/h10-13,17H,1-9H2. The van der Waals surface area contributed by atoms with Crippen molar-refractivity contribution in [2.45, 2.75) is 69.4 Å². The van der Waals surface area contributed by atoms with Gasteiger partial charge in [-0.15, -0.1) is 0 Å². The molecule has 4 heteroatoms. The minimum atomic E-state index is 0.274. The Morgan fingerprint density at radius 3 is 2.30 bits per heavy atom. The van der Waals surface area contributed by atoms with Gasteiger partial charge in [0.2, 0.25) is 5.89 Å². The van der Waals surface area contributed by atoms with Crippen molar-refractivity contribution in [3.63, 3.8) is 0 Å². The van der Waals surface area contributed by atoms with Crippen LogP contribution >= 0.6 is 0 Å². The Morgan fingerprint density at radius 1 is 1.05 bits per heavy atom. The van der Waals surface area contributed by atoms with Crippen LogP contribution in [-0.2, 0) is 12.0 Å². The second-order valence-corrected chi connectivity index (χ2v) is 7.86. The van der Waals surface area contributed by atoms with Gasteiger partial charge in [0, 0.05) is 11.5 Å². The maximum Gasteiger partial charge on any atom is 0.240 e. The number of hydrogen-bond acceptors (Lipinski definition) is 4. The summed E-state index contributed by atoms with van der Waals surface area (Å²) in [6.07, 6.45) is 10.9. The SMILES string of the molecule is C(NC1CC1)c1nc(C23CC4CC(CC(C4)C2)C3)no1. The molecule has 0 aliphatic heterocycles. The molecule has 108 valence electrons. The summed E-state index contributed by atoms with van der Waals surface area (Å²) in [6.45, 7) is 0.754. The maximum absolute atomic E-state index is 5.51. The van der Waals surface area contributed by atoms with Crippen molar-refractivity contribution in [2.24, 2.45) is 17.8 Å². The number of rotatable bonds is 4. The van der Waals surface area contributed by atoms with E-state index in [1.807, 2.05) is 0 Å². The molecule has 0 spiro atoms. The first-order valence-corrected chi connectivity index (χ1v) is 8.35. The molecule has 1 heterocycles. The lowest BCUT2D eigenvalue weighted by atomic mass is 9.49. The molecule has 5 aliphatic rings. The van der Waals surface area contributed by atoms with E-state index in [1.165, 1.54) is 51.4 Å². The van der Waals surface area contributed by atoms with Gasteiger partial charge in [0.25, 0.3) is 0 Å². The van der Waals surface area contributed by atoms with E-state index in [0.717, 1.165) is 36.0 Å². The zero-order valence-corrected chi connectivity index (χ0v) is 12.0. The van der Waals surface area contributed by atoms with Crippen LogP contribution in [0.3, 0.4) is 0 Å². The summed E-state index contributed by atoms with van der Waals surface area (Å²) in [4.78, 5) is 4.76.